The van der Waals surface area contributed by atoms with Crippen LogP contribution in [-0.4, -0.2) is 24.1 Å². The van der Waals surface area contributed by atoms with Crippen molar-refractivity contribution in [2.45, 2.75) is 0 Å². The summed E-state index contributed by atoms with van der Waals surface area (Å²) < 4.78 is 45.4. The lowest BCUT2D eigenvalue weighted by atomic mass is 10.1. The van der Waals surface area contributed by atoms with Gasteiger partial charge >= 0.3 is 6.09 Å². The Morgan fingerprint density at radius 1 is 1.03 bits per heavy atom. The number of anilines is 1. The highest BCUT2D eigenvalue weighted by molar-refractivity contribution is 6.32. The first-order valence-electron chi connectivity index (χ1n) is 9.94. The van der Waals surface area contributed by atoms with Gasteiger partial charge in [0.2, 0.25) is 5.82 Å². The number of nitrogens with one attached hydrogen (secondary N) is 1. The SMILES string of the molecule is COc1cc2nccc(Oc3c(Cl)cc(NC(=O)Oc4ccccc4)c(F)c3F)c2cc1C(N)=O. The van der Waals surface area contributed by atoms with E-state index in [0.29, 0.717) is 5.52 Å². The average Bonchev–Trinajstić information content (AvgIpc) is 2.84. The molecular formula is C24H16ClF2N3O5. The predicted molar refractivity (Wildman–Crippen MR) is 124 cm³/mol. The molecule has 178 valence electrons. The number of benzene rings is 3. The number of hydrogen-bond acceptors (Lipinski definition) is 6. The summed E-state index contributed by atoms with van der Waals surface area (Å²) in [5.41, 5.74) is 5.22. The molecule has 0 radical (unpaired) electrons. The van der Waals surface area contributed by atoms with Crippen molar-refractivity contribution >= 4 is 40.2 Å². The van der Waals surface area contributed by atoms with Crippen molar-refractivity contribution in [3.8, 4) is 23.0 Å². The van der Waals surface area contributed by atoms with E-state index in [-0.39, 0.29) is 33.2 Å². The van der Waals surface area contributed by atoms with Crippen LogP contribution < -0.4 is 25.3 Å². The lowest BCUT2D eigenvalue weighted by molar-refractivity contribution is 0.0997. The lowest BCUT2D eigenvalue weighted by Crippen LogP contribution is -2.18. The number of carbonyl (C=O) groups is 2. The van der Waals surface area contributed by atoms with Crippen molar-refractivity contribution < 1.29 is 32.6 Å². The molecule has 0 unspecified atom stereocenters. The van der Waals surface area contributed by atoms with Gasteiger partial charge in [-0.15, -0.1) is 0 Å². The largest absolute Gasteiger partial charge is 0.496 e. The van der Waals surface area contributed by atoms with Crippen molar-refractivity contribution in [2.75, 3.05) is 12.4 Å². The first-order chi connectivity index (χ1) is 16.8. The van der Waals surface area contributed by atoms with Crippen LogP contribution in [0.3, 0.4) is 0 Å². The molecular weight excluding hydrogens is 484 g/mol. The van der Waals surface area contributed by atoms with Gasteiger partial charge in [0.1, 0.15) is 17.2 Å². The van der Waals surface area contributed by atoms with E-state index < -0.39 is 35.1 Å². The fraction of sp³-hybridized carbons (Fsp3) is 0.0417. The number of aromatic nitrogens is 1. The van der Waals surface area contributed by atoms with Gasteiger partial charge in [-0.05, 0) is 30.3 Å². The number of ether oxygens (including phenoxy) is 3. The summed E-state index contributed by atoms with van der Waals surface area (Å²) in [5, 5.41) is 2.03. The second kappa shape index (κ2) is 9.82. The lowest BCUT2D eigenvalue weighted by Gasteiger charge is -2.15. The monoisotopic (exact) mass is 499 g/mol. The number of amides is 2. The summed E-state index contributed by atoms with van der Waals surface area (Å²) in [7, 11) is 1.36. The van der Waals surface area contributed by atoms with Crippen LogP contribution in [0.2, 0.25) is 5.02 Å². The molecule has 0 aliphatic heterocycles. The normalized spacial score (nSPS) is 10.6. The molecule has 0 aliphatic carbocycles. The molecule has 0 atom stereocenters. The van der Waals surface area contributed by atoms with Crippen LogP contribution in [0.15, 0.2) is 60.8 Å². The average molecular weight is 500 g/mol. The molecule has 4 aromatic rings. The summed E-state index contributed by atoms with van der Waals surface area (Å²) in [6, 6.07) is 13.2. The third kappa shape index (κ3) is 4.92. The van der Waals surface area contributed by atoms with Gasteiger partial charge in [-0.3, -0.25) is 15.1 Å². The number of halogens is 3. The highest BCUT2D eigenvalue weighted by Crippen LogP contribution is 2.40. The summed E-state index contributed by atoms with van der Waals surface area (Å²) in [4.78, 5) is 28.0. The maximum atomic E-state index is 14.9. The Bertz CT molecular complexity index is 1450. The molecule has 2 amide bonds. The Morgan fingerprint density at radius 2 is 1.77 bits per heavy atom. The number of nitrogens with two attached hydrogens (primary N) is 1. The summed E-state index contributed by atoms with van der Waals surface area (Å²) in [6.07, 6.45) is 0.311. The van der Waals surface area contributed by atoms with E-state index in [4.69, 9.17) is 31.5 Å². The van der Waals surface area contributed by atoms with E-state index in [2.05, 4.69) is 10.3 Å². The van der Waals surface area contributed by atoms with Gasteiger partial charge in [-0.1, -0.05) is 29.8 Å². The van der Waals surface area contributed by atoms with Gasteiger partial charge in [0.25, 0.3) is 5.91 Å². The van der Waals surface area contributed by atoms with Gasteiger partial charge in [0.05, 0.1) is 28.9 Å². The van der Waals surface area contributed by atoms with Crippen LogP contribution in [0.25, 0.3) is 10.9 Å². The molecule has 11 heteroatoms. The molecule has 8 nitrogen and oxygen atoms in total. The Kier molecular flexibility index (Phi) is 6.65. The van der Waals surface area contributed by atoms with E-state index in [0.717, 1.165) is 6.07 Å². The molecule has 0 fully saturated rings. The first kappa shape index (κ1) is 23.7. The van der Waals surface area contributed by atoms with Crippen molar-refractivity contribution in [1.82, 2.24) is 4.98 Å². The van der Waals surface area contributed by atoms with Crippen LogP contribution in [0.1, 0.15) is 10.4 Å². The predicted octanol–water partition coefficient (Wildman–Crippen LogP) is 5.68. The van der Waals surface area contributed by atoms with Crippen LogP contribution in [0, 0.1) is 11.6 Å². The number of fused-ring (bicyclic) bond motifs is 1. The van der Waals surface area contributed by atoms with Crippen LogP contribution in [0.4, 0.5) is 19.3 Å². The number of hydrogen-bond donors (Lipinski definition) is 2. The number of nitrogens with zero attached hydrogens (tertiary/aromatic N) is 1. The van der Waals surface area contributed by atoms with Gasteiger partial charge in [-0.25, -0.2) is 9.18 Å². The van der Waals surface area contributed by atoms with E-state index in [1.165, 1.54) is 43.6 Å². The maximum Gasteiger partial charge on any atom is 0.417 e. The van der Waals surface area contributed by atoms with E-state index >= 15 is 0 Å². The van der Waals surface area contributed by atoms with Gasteiger partial charge < -0.3 is 19.9 Å². The van der Waals surface area contributed by atoms with Crippen molar-refractivity contribution in [3.05, 3.63) is 83.0 Å². The molecule has 1 aromatic heterocycles. The molecule has 0 spiro atoms. The summed E-state index contributed by atoms with van der Waals surface area (Å²) in [6.45, 7) is 0. The molecule has 1 heterocycles. The van der Waals surface area contributed by atoms with Crippen molar-refractivity contribution in [1.29, 1.82) is 0 Å². The quantitative estimate of drug-likeness (QED) is 0.330. The van der Waals surface area contributed by atoms with E-state index in [1.807, 2.05) is 0 Å². The van der Waals surface area contributed by atoms with Gasteiger partial charge in [0, 0.05) is 17.6 Å². The zero-order chi connectivity index (χ0) is 25.1. The van der Waals surface area contributed by atoms with Crippen LogP contribution in [0.5, 0.6) is 23.0 Å². The molecule has 0 saturated carbocycles. The highest BCUT2D eigenvalue weighted by Gasteiger charge is 2.23. The summed E-state index contributed by atoms with van der Waals surface area (Å²) >= 11 is 6.15. The third-order valence-corrected chi connectivity index (χ3v) is 5.09. The minimum absolute atomic E-state index is 0.0181. The third-order valence-electron chi connectivity index (χ3n) is 4.81. The molecule has 0 saturated heterocycles. The molecule has 3 N–H and O–H groups in total. The van der Waals surface area contributed by atoms with Gasteiger partial charge in [0.15, 0.2) is 11.6 Å². The summed E-state index contributed by atoms with van der Waals surface area (Å²) in [5.74, 6) is -3.89. The van der Waals surface area contributed by atoms with E-state index in [1.54, 1.807) is 18.2 Å². The number of primary amides is 1. The molecule has 35 heavy (non-hydrogen) atoms. The van der Waals surface area contributed by atoms with Crippen LogP contribution in [-0.2, 0) is 0 Å². The first-order valence-corrected chi connectivity index (χ1v) is 10.3. The van der Waals surface area contributed by atoms with Crippen molar-refractivity contribution in [3.63, 3.8) is 0 Å². The Balaban J connectivity index is 1.66. The number of methoxy groups -OCH3 is 1. The van der Waals surface area contributed by atoms with Crippen molar-refractivity contribution in [2.24, 2.45) is 5.73 Å². The fourth-order valence-electron chi connectivity index (χ4n) is 3.20. The van der Waals surface area contributed by atoms with Gasteiger partial charge in [-0.2, -0.15) is 4.39 Å². The maximum absolute atomic E-state index is 14.9. The highest BCUT2D eigenvalue weighted by atomic mass is 35.5. The Morgan fingerprint density at radius 3 is 2.46 bits per heavy atom. The number of para-hydroxylation sites is 1. The standard InChI is InChI=1S/C24H16ClF2N3O5/c1-33-19-11-16-13(9-14(19)23(28)31)18(7-8-29-16)35-22-15(25)10-17(20(26)21(22)27)30-24(32)34-12-5-3-2-4-6-12/h2-11H,1H3,(H2,28,31)(H,30,32). The minimum Gasteiger partial charge on any atom is -0.496 e. The topological polar surface area (TPSA) is 113 Å². The molecule has 4 rings (SSSR count). The Labute approximate surface area is 202 Å². The smallest absolute Gasteiger partial charge is 0.417 e. The second-order valence-corrected chi connectivity index (χ2v) is 7.44. The zero-order valence-corrected chi connectivity index (χ0v) is 18.7. The number of pyridine rings is 1. The number of rotatable bonds is 6. The molecule has 0 aliphatic rings. The van der Waals surface area contributed by atoms with Crippen LogP contribution >= 0.6 is 11.6 Å². The molecule has 3 aromatic carbocycles. The van der Waals surface area contributed by atoms with E-state index in [9.17, 15) is 18.4 Å². The minimum atomic E-state index is -1.46. The second-order valence-electron chi connectivity index (χ2n) is 7.04. The molecule has 0 bridgehead atoms. The number of carbonyl (C=O) groups excluding carboxylic acids is 2. The fourth-order valence-corrected chi connectivity index (χ4v) is 3.43. The zero-order valence-electron chi connectivity index (χ0n) is 18.0. The Hall–Kier alpha value is -4.44.